The summed E-state index contributed by atoms with van der Waals surface area (Å²) >= 11 is 5.61. The maximum absolute atomic E-state index is 13.7. The van der Waals surface area contributed by atoms with Crippen molar-refractivity contribution in [3.8, 4) is 0 Å². The lowest BCUT2D eigenvalue weighted by Gasteiger charge is -2.16. The second-order valence-corrected chi connectivity index (χ2v) is 4.72. The molecular weight excluding hydrogens is 275 g/mol. The molecule has 0 bridgehead atoms. The number of halogens is 2. The van der Waals surface area contributed by atoms with Crippen LogP contribution in [0.25, 0.3) is 0 Å². The van der Waals surface area contributed by atoms with E-state index in [0.717, 1.165) is 0 Å². The van der Waals surface area contributed by atoms with Crippen LogP contribution in [-0.4, -0.2) is 41.7 Å². The van der Waals surface area contributed by atoms with E-state index in [4.69, 9.17) is 26.2 Å². The molecule has 0 unspecified atom stereocenters. The Morgan fingerprint density at radius 1 is 1.47 bits per heavy atom. The highest BCUT2D eigenvalue weighted by molar-refractivity contribution is 6.17. The quantitative estimate of drug-likeness (QED) is 0.800. The zero-order chi connectivity index (χ0) is 13.8. The topological polar surface area (TPSA) is 58.9 Å². The molecule has 19 heavy (non-hydrogen) atoms. The van der Waals surface area contributed by atoms with Crippen LogP contribution in [0.15, 0.2) is 18.2 Å². The number of alkyl halides is 1. The Hall–Kier alpha value is -0.720. The van der Waals surface area contributed by atoms with Crippen LogP contribution in [0.4, 0.5) is 4.39 Å². The zero-order valence-electron chi connectivity index (χ0n) is 10.3. The molecule has 0 saturated carbocycles. The molecule has 3 atom stereocenters. The van der Waals surface area contributed by atoms with E-state index in [1.165, 1.54) is 6.07 Å². The van der Waals surface area contributed by atoms with Crippen molar-refractivity contribution >= 4 is 11.6 Å². The molecule has 0 radical (unpaired) electrons. The van der Waals surface area contributed by atoms with Gasteiger partial charge >= 0.3 is 0 Å². The lowest BCUT2D eigenvalue weighted by atomic mass is 10.1. The maximum Gasteiger partial charge on any atom is 0.129 e. The van der Waals surface area contributed by atoms with E-state index >= 15 is 0 Å². The molecule has 0 spiro atoms. The van der Waals surface area contributed by atoms with Gasteiger partial charge in [0.1, 0.15) is 24.1 Å². The predicted molar refractivity (Wildman–Crippen MR) is 67.4 cm³/mol. The first-order chi connectivity index (χ1) is 9.15. The smallest absolute Gasteiger partial charge is 0.129 e. The highest BCUT2D eigenvalue weighted by atomic mass is 35.5. The molecule has 1 fully saturated rings. The van der Waals surface area contributed by atoms with Gasteiger partial charge in [-0.3, -0.25) is 0 Å². The van der Waals surface area contributed by atoms with Gasteiger partial charge in [-0.15, -0.1) is 11.6 Å². The number of ether oxygens (including phenoxy) is 2. The van der Waals surface area contributed by atoms with E-state index in [1.54, 1.807) is 12.1 Å². The standard InChI is InChI=1S/C13H16ClFO4/c14-4-8-1-2-9(10(15)3-8)6-18-12-7-19-11(5-16)13(12)17/h1-3,11-13,16-17H,4-7H2/t11-,12+,13-/m1/s1. The fraction of sp³-hybridized carbons (Fsp3) is 0.538. The van der Waals surface area contributed by atoms with Gasteiger partial charge in [0.25, 0.3) is 0 Å². The molecule has 0 amide bonds. The Bertz CT molecular complexity index is 429. The van der Waals surface area contributed by atoms with Crippen molar-refractivity contribution in [2.45, 2.75) is 30.8 Å². The van der Waals surface area contributed by atoms with Crippen molar-refractivity contribution in [3.05, 3.63) is 35.1 Å². The van der Waals surface area contributed by atoms with Crippen LogP contribution < -0.4 is 0 Å². The molecule has 4 nitrogen and oxygen atoms in total. The van der Waals surface area contributed by atoms with E-state index in [2.05, 4.69) is 0 Å². The fourth-order valence-electron chi connectivity index (χ4n) is 1.95. The summed E-state index contributed by atoms with van der Waals surface area (Å²) in [7, 11) is 0. The van der Waals surface area contributed by atoms with E-state index in [0.29, 0.717) is 11.1 Å². The second kappa shape index (κ2) is 6.63. The maximum atomic E-state index is 13.7. The zero-order valence-corrected chi connectivity index (χ0v) is 11.0. The van der Waals surface area contributed by atoms with Gasteiger partial charge in [-0.1, -0.05) is 12.1 Å². The molecule has 106 valence electrons. The van der Waals surface area contributed by atoms with E-state index in [-0.39, 0.29) is 31.5 Å². The summed E-state index contributed by atoms with van der Waals surface area (Å²) in [6.07, 6.45) is -2.08. The van der Waals surface area contributed by atoms with Crippen molar-refractivity contribution in [1.29, 1.82) is 0 Å². The summed E-state index contributed by atoms with van der Waals surface area (Å²) < 4.78 is 24.3. The van der Waals surface area contributed by atoms with Crippen molar-refractivity contribution in [3.63, 3.8) is 0 Å². The predicted octanol–water partition coefficient (Wildman–Crippen LogP) is 1.20. The van der Waals surface area contributed by atoms with E-state index in [1.807, 2.05) is 0 Å². The number of hydrogen-bond acceptors (Lipinski definition) is 4. The minimum absolute atomic E-state index is 0.0393. The van der Waals surface area contributed by atoms with Gasteiger partial charge in [-0.05, 0) is 11.6 Å². The number of benzene rings is 1. The summed E-state index contributed by atoms with van der Waals surface area (Å²) in [5, 5.41) is 18.7. The normalized spacial score (nSPS) is 26.8. The molecule has 0 aliphatic carbocycles. The monoisotopic (exact) mass is 290 g/mol. The average Bonchev–Trinajstić information content (AvgIpc) is 2.78. The summed E-state index contributed by atoms with van der Waals surface area (Å²) in [5.41, 5.74) is 1.10. The minimum Gasteiger partial charge on any atom is -0.394 e. The number of aliphatic hydroxyl groups excluding tert-OH is 2. The highest BCUT2D eigenvalue weighted by Gasteiger charge is 2.36. The molecule has 1 aromatic carbocycles. The summed E-state index contributed by atoms with van der Waals surface area (Å²) in [6.45, 7) is -0.0365. The van der Waals surface area contributed by atoms with Crippen molar-refractivity contribution in [2.75, 3.05) is 13.2 Å². The Kier molecular flexibility index (Phi) is 5.13. The molecule has 2 N–H and O–H groups in total. The first-order valence-electron chi connectivity index (χ1n) is 6.01. The molecule has 1 heterocycles. The SMILES string of the molecule is OC[C@H]1OC[C@H](OCc2ccc(CCl)cc2F)[C@@H]1O. The highest BCUT2D eigenvalue weighted by Crippen LogP contribution is 2.20. The van der Waals surface area contributed by atoms with Crippen molar-refractivity contribution in [1.82, 2.24) is 0 Å². The van der Waals surface area contributed by atoms with Crippen LogP contribution in [-0.2, 0) is 22.0 Å². The first-order valence-corrected chi connectivity index (χ1v) is 6.54. The van der Waals surface area contributed by atoms with Crippen LogP contribution >= 0.6 is 11.6 Å². The van der Waals surface area contributed by atoms with Gasteiger partial charge in [-0.25, -0.2) is 4.39 Å². The van der Waals surface area contributed by atoms with Crippen molar-refractivity contribution in [2.24, 2.45) is 0 Å². The molecule has 1 aliphatic heterocycles. The third kappa shape index (κ3) is 3.43. The average molecular weight is 291 g/mol. The van der Waals surface area contributed by atoms with Crippen molar-refractivity contribution < 1.29 is 24.1 Å². The minimum atomic E-state index is -0.893. The molecule has 6 heteroatoms. The number of hydrogen-bond donors (Lipinski definition) is 2. The van der Waals surface area contributed by atoms with Gasteiger partial charge in [0.05, 0.1) is 19.8 Å². The number of aliphatic hydroxyl groups is 2. The van der Waals surface area contributed by atoms with Crippen LogP contribution in [0.1, 0.15) is 11.1 Å². The summed E-state index contributed by atoms with van der Waals surface area (Å²) in [6, 6.07) is 4.70. The summed E-state index contributed by atoms with van der Waals surface area (Å²) in [5.74, 6) is -0.129. The molecule has 0 aromatic heterocycles. The third-order valence-electron chi connectivity index (χ3n) is 3.14. The van der Waals surface area contributed by atoms with Crippen LogP contribution in [0, 0.1) is 5.82 Å². The fourth-order valence-corrected chi connectivity index (χ4v) is 2.12. The van der Waals surface area contributed by atoms with Crippen LogP contribution in [0.5, 0.6) is 0 Å². The molecule has 1 saturated heterocycles. The Labute approximate surface area is 115 Å². The first kappa shape index (κ1) is 14.7. The van der Waals surface area contributed by atoms with Crippen LogP contribution in [0.3, 0.4) is 0 Å². The molecule has 2 rings (SSSR count). The Balaban J connectivity index is 1.92. The molecular formula is C13H16ClFO4. The van der Waals surface area contributed by atoms with Gasteiger partial charge in [0.2, 0.25) is 0 Å². The number of rotatable bonds is 5. The molecule has 1 aromatic rings. The van der Waals surface area contributed by atoms with Gasteiger partial charge < -0.3 is 19.7 Å². The molecule has 1 aliphatic rings. The van der Waals surface area contributed by atoms with Gasteiger partial charge in [-0.2, -0.15) is 0 Å². The van der Waals surface area contributed by atoms with Gasteiger partial charge in [0, 0.05) is 11.4 Å². The largest absolute Gasteiger partial charge is 0.394 e. The lowest BCUT2D eigenvalue weighted by molar-refractivity contribution is -0.0346. The van der Waals surface area contributed by atoms with E-state index in [9.17, 15) is 9.50 Å². The second-order valence-electron chi connectivity index (χ2n) is 4.45. The van der Waals surface area contributed by atoms with Gasteiger partial charge in [0.15, 0.2) is 0 Å². The third-order valence-corrected chi connectivity index (χ3v) is 3.45. The summed E-state index contributed by atoms with van der Waals surface area (Å²) in [4.78, 5) is 0. The Morgan fingerprint density at radius 3 is 2.84 bits per heavy atom. The lowest BCUT2D eigenvalue weighted by Crippen LogP contribution is -2.34. The van der Waals surface area contributed by atoms with E-state index < -0.39 is 18.3 Å². The Morgan fingerprint density at radius 2 is 2.26 bits per heavy atom. The van der Waals surface area contributed by atoms with Crippen LogP contribution in [0.2, 0.25) is 0 Å².